The Balaban J connectivity index is 1.50. The number of halogens is 3. The summed E-state index contributed by atoms with van der Waals surface area (Å²) in [6.07, 6.45) is 0.180. The molecule has 0 radical (unpaired) electrons. The predicted octanol–water partition coefficient (Wildman–Crippen LogP) is 3.94. The van der Waals surface area contributed by atoms with Gasteiger partial charge in [-0.25, -0.2) is 9.97 Å². The van der Waals surface area contributed by atoms with Crippen LogP contribution in [0.4, 0.5) is 24.7 Å². The van der Waals surface area contributed by atoms with Crippen molar-refractivity contribution < 1.29 is 13.2 Å². The Morgan fingerprint density at radius 3 is 2.70 bits per heavy atom. The fraction of sp³-hybridized carbons (Fsp3) is 0.421. The van der Waals surface area contributed by atoms with Crippen LogP contribution in [-0.4, -0.2) is 29.1 Å². The summed E-state index contributed by atoms with van der Waals surface area (Å²) in [5.74, 6) is 2.04. The Bertz CT molecular complexity index is 886. The summed E-state index contributed by atoms with van der Waals surface area (Å²) in [4.78, 5) is 10.7. The molecular weight excluding hydrogens is 355 g/mol. The summed E-state index contributed by atoms with van der Waals surface area (Å²) in [5.41, 5.74) is -0.870. The quantitative estimate of drug-likeness (QED) is 0.880. The lowest BCUT2D eigenvalue weighted by molar-refractivity contribution is -0.137. The van der Waals surface area contributed by atoms with Crippen molar-refractivity contribution in [3.05, 3.63) is 47.4 Å². The van der Waals surface area contributed by atoms with Gasteiger partial charge in [-0.1, -0.05) is 6.07 Å². The van der Waals surface area contributed by atoms with E-state index in [0.717, 1.165) is 37.0 Å². The normalized spacial score (nSPS) is 19.8. The maximum atomic E-state index is 13.2. The van der Waals surface area contributed by atoms with Crippen LogP contribution < -0.4 is 10.2 Å². The van der Waals surface area contributed by atoms with Gasteiger partial charge in [0.25, 0.3) is 0 Å². The van der Waals surface area contributed by atoms with Gasteiger partial charge in [0, 0.05) is 31.2 Å². The molecule has 1 N–H and O–H groups in total. The van der Waals surface area contributed by atoms with Gasteiger partial charge < -0.3 is 10.2 Å². The molecule has 1 unspecified atom stereocenters. The molecule has 140 valence electrons. The monoisotopic (exact) mass is 373 g/mol. The first-order valence-corrected chi connectivity index (χ1v) is 8.90. The summed E-state index contributed by atoms with van der Waals surface area (Å²) < 4.78 is 39.5. The van der Waals surface area contributed by atoms with Crippen molar-refractivity contribution in [2.24, 2.45) is 0 Å². The third-order valence-corrected chi connectivity index (χ3v) is 4.96. The number of hydrogen-bond acceptors (Lipinski definition) is 5. The number of nitrogens with one attached hydrogen (secondary N) is 1. The van der Waals surface area contributed by atoms with Crippen molar-refractivity contribution in [2.45, 2.75) is 37.4 Å². The average molecular weight is 373 g/mol. The van der Waals surface area contributed by atoms with Crippen molar-refractivity contribution >= 4 is 11.5 Å². The number of nitrogens with zero attached hydrogens (tertiary/aromatic N) is 4. The average Bonchev–Trinajstić information content (AvgIpc) is 3.40. The topological polar surface area (TPSA) is 64.8 Å². The van der Waals surface area contributed by atoms with E-state index in [9.17, 15) is 18.4 Å². The number of nitriles is 1. The highest BCUT2D eigenvalue weighted by Crippen LogP contribution is 2.38. The molecule has 1 atom stereocenters. The highest BCUT2D eigenvalue weighted by atomic mass is 19.4. The van der Waals surface area contributed by atoms with E-state index in [1.54, 1.807) is 24.4 Å². The molecule has 1 saturated carbocycles. The number of benzene rings is 1. The third kappa shape index (κ3) is 3.68. The van der Waals surface area contributed by atoms with Gasteiger partial charge >= 0.3 is 6.18 Å². The SMILES string of the molecule is N#Cc1c(N2CCC(Nc3ccnc(C4CC4)n3)C2)cccc1C(F)(F)F. The molecule has 1 saturated heterocycles. The highest BCUT2D eigenvalue weighted by Gasteiger charge is 2.36. The molecule has 1 aliphatic heterocycles. The lowest BCUT2D eigenvalue weighted by atomic mass is 10.1. The Kier molecular flexibility index (Phi) is 4.38. The minimum Gasteiger partial charge on any atom is -0.368 e. The molecule has 2 aliphatic rings. The molecule has 1 aromatic heterocycles. The largest absolute Gasteiger partial charge is 0.417 e. The molecule has 0 spiro atoms. The van der Waals surface area contributed by atoms with Crippen LogP contribution in [0.5, 0.6) is 0 Å². The molecule has 2 heterocycles. The molecule has 27 heavy (non-hydrogen) atoms. The van der Waals surface area contributed by atoms with Gasteiger partial charge in [0.1, 0.15) is 17.7 Å². The Morgan fingerprint density at radius 2 is 2.00 bits per heavy atom. The van der Waals surface area contributed by atoms with E-state index in [1.165, 1.54) is 6.07 Å². The zero-order chi connectivity index (χ0) is 19.0. The molecule has 2 fully saturated rings. The highest BCUT2D eigenvalue weighted by molar-refractivity contribution is 5.64. The zero-order valence-electron chi connectivity index (χ0n) is 14.5. The minimum atomic E-state index is -4.54. The lowest BCUT2D eigenvalue weighted by Gasteiger charge is -2.22. The number of anilines is 2. The van der Waals surface area contributed by atoms with Gasteiger partial charge in [-0.05, 0) is 37.5 Å². The Labute approximate surface area is 154 Å². The van der Waals surface area contributed by atoms with E-state index in [1.807, 2.05) is 4.90 Å². The molecule has 4 rings (SSSR count). The van der Waals surface area contributed by atoms with Crippen LogP contribution in [0.25, 0.3) is 0 Å². The number of alkyl halides is 3. The first-order chi connectivity index (χ1) is 13.0. The van der Waals surface area contributed by atoms with Gasteiger partial charge in [0.2, 0.25) is 0 Å². The van der Waals surface area contributed by atoms with Crippen LogP contribution in [0.1, 0.15) is 42.1 Å². The van der Waals surface area contributed by atoms with Crippen molar-refractivity contribution in [1.82, 2.24) is 9.97 Å². The van der Waals surface area contributed by atoms with Crippen molar-refractivity contribution in [3.63, 3.8) is 0 Å². The zero-order valence-corrected chi connectivity index (χ0v) is 14.5. The smallest absolute Gasteiger partial charge is 0.368 e. The third-order valence-electron chi connectivity index (χ3n) is 4.96. The fourth-order valence-corrected chi connectivity index (χ4v) is 3.46. The van der Waals surface area contributed by atoms with Crippen LogP contribution in [-0.2, 0) is 6.18 Å². The molecule has 8 heteroatoms. The van der Waals surface area contributed by atoms with E-state index in [4.69, 9.17) is 0 Å². The molecule has 2 aromatic rings. The van der Waals surface area contributed by atoms with Crippen LogP contribution in [0, 0.1) is 11.3 Å². The first kappa shape index (κ1) is 17.6. The summed E-state index contributed by atoms with van der Waals surface area (Å²) in [5, 5.41) is 12.7. The molecule has 1 aromatic carbocycles. The standard InChI is InChI=1S/C19H18F3N5/c20-19(21,22)15-2-1-3-16(14(15)10-23)27-9-7-13(11-27)25-17-6-8-24-18(26-17)12-4-5-12/h1-3,6,8,12-13H,4-5,7,9,11H2,(H,24,25,26). The maximum Gasteiger partial charge on any atom is 0.417 e. The second-order valence-corrected chi connectivity index (χ2v) is 6.96. The summed E-state index contributed by atoms with van der Waals surface area (Å²) in [6, 6.07) is 7.47. The fourth-order valence-electron chi connectivity index (χ4n) is 3.46. The molecule has 1 aliphatic carbocycles. The maximum absolute atomic E-state index is 13.2. The van der Waals surface area contributed by atoms with E-state index in [-0.39, 0.29) is 11.6 Å². The summed E-state index contributed by atoms with van der Waals surface area (Å²) >= 11 is 0. The Morgan fingerprint density at radius 1 is 1.19 bits per heavy atom. The second-order valence-electron chi connectivity index (χ2n) is 6.96. The van der Waals surface area contributed by atoms with Crippen molar-refractivity contribution in [1.29, 1.82) is 5.26 Å². The van der Waals surface area contributed by atoms with Crippen molar-refractivity contribution in [2.75, 3.05) is 23.3 Å². The van der Waals surface area contributed by atoms with Gasteiger partial charge in [-0.3, -0.25) is 0 Å². The van der Waals surface area contributed by atoms with Crippen LogP contribution in [0.2, 0.25) is 0 Å². The van der Waals surface area contributed by atoms with E-state index in [2.05, 4.69) is 15.3 Å². The van der Waals surface area contributed by atoms with E-state index in [0.29, 0.717) is 24.7 Å². The van der Waals surface area contributed by atoms with E-state index >= 15 is 0 Å². The van der Waals surface area contributed by atoms with Crippen LogP contribution in [0.15, 0.2) is 30.5 Å². The number of hydrogen-bond donors (Lipinski definition) is 1. The van der Waals surface area contributed by atoms with Crippen molar-refractivity contribution in [3.8, 4) is 6.07 Å². The summed E-state index contributed by atoms with van der Waals surface area (Å²) in [7, 11) is 0. The van der Waals surface area contributed by atoms with Crippen LogP contribution >= 0.6 is 0 Å². The van der Waals surface area contributed by atoms with Gasteiger partial charge in [-0.15, -0.1) is 0 Å². The predicted molar refractivity (Wildman–Crippen MR) is 94.4 cm³/mol. The molecular formula is C19H18F3N5. The second kappa shape index (κ2) is 6.72. The number of aromatic nitrogens is 2. The minimum absolute atomic E-state index is 0.0491. The lowest BCUT2D eigenvalue weighted by Crippen LogP contribution is -2.27. The summed E-state index contributed by atoms with van der Waals surface area (Å²) in [6.45, 7) is 1.09. The molecule has 0 bridgehead atoms. The molecule has 5 nitrogen and oxygen atoms in total. The van der Waals surface area contributed by atoms with E-state index < -0.39 is 11.7 Å². The molecule has 0 amide bonds. The van der Waals surface area contributed by atoms with Gasteiger partial charge in [0.15, 0.2) is 0 Å². The Hall–Kier alpha value is -2.82. The van der Waals surface area contributed by atoms with Crippen LogP contribution in [0.3, 0.4) is 0 Å². The van der Waals surface area contributed by atoms with Gasteiger partial charge in [0.05, 0.1) is 16.8 Å². The first-order valence-electron chi connectivity index (χ1n) is 8.90. The van der Waals surface area contributed by atoms with Gasteiger partial charge in [-0.2, -0.15) is 18.4 Å². The number of rotatable bonds is 4.